The van der Waals surface area contributed by atoms with Crippen molar-refractivity contribution in [3.63, 3.8) is 0 Å². The summed E-state index contributed by atoms with van der Waals surface area (Å²) in [5, 5.41) is 0. The van der Waals surface area contributed by atoms with Crippen molar-refractivity contribution in [3.8, 4) is 18.1 Å². The van der Waals surface area contributed by atoms with Crippen LogP contribution >= 0.6 is 0 Å². The van der Waals surface area contributed by atoms with Crippen LogP contribution in [0.5, 0.6) is 5.75 Å². The van der Waals surface area contributed by atoms with Gasteiger partial charge >= 0.3 is 6.09 Å². The number of pyridine rings is 1. The van der Waals surface area contributed by atoms with Gasteiger partial charge in [0.05, 0.1) is 6.54 Å². The van der Waals surface area contributed by atoms with E-state index in [9.17, 15) is 4.79 Å². The second-order valence-corrected chi connectivity index (χ2v) is 4.92. The van der Waals surface area contributed by atoms with Crippen LogP contribution in [0.1, 0.15) is 12.5 Å². The summed E-state index contributed by atoms with van der Waals surface area (Å²) in [6.07, 6.45) is 8.79. The average Bonchev–Trinajstić information content (AvgIpc) is 2.54. The van der Waals surface area contributed by atoms with Crippen LogP contribution in [0.2, 0.25) is 0 Å². The molecule has 22 heavy (non-hydrogen) atoms. The van der Waals surface area contributed by atoms with Gasteiger partial charge in [-0.25, -0.2) is 4.79 Å². The van der Waals surface area contributed by atoms with Crippen LogP contribution in [-0.2, 0) is 6.42 Å². The molecule has 1 aromatic heterocycles. The molecule has 0 bridgehead atoms. The van der Waals surface area contributed by atoms with Gasteiger partial charge in [0.2, 0.25) is 0 Å². The zero-order chi connectivity index (χ0) is 15.8. The highest BCUT2D eigenvalue weighted by molar-refractivity contribution is 5.71. The summed E-state index contributed by atoms with van der Waals surface area (Å²) in [5.74, 6) is 2.97. The largest absolute Gasteiger partial charge is 0.416 e. The molecule has 2 aromatic rings. The van der Waals surface area contributed by atoms with Gasteiger partial charge in [0.15, 0.2) is 0 Å². The molecule has 1 amide bonds. The van der Waals surface area contributed by atoms with Crippen LogP contribution in [0.15, 0.2) is 54.9 Å². The molecule has 0 spiro atoms. The van der Waals surface area contributed by atoms with Crippen molar-refractivity contribution in [2.75, 3.05) is 6.54 Å². The predicted octanol–water partition coefficient (Wildman–Crippen LogP) is 3.15. The Hall–Kier alpha value is -2.80. The molecule has 0 saturated heterocycles. The molecule has 0 aliphatic carbocycles. The normalized spacial score (nSPS) is 11.3. The maximum absolute atomic E-state index is 12.3. The van der Waals surface area contributed by atoms with Crippen molar-refractivity contribution in [3.05, 3.63) is 60.4 Å². The zero-order valence-electron chi connectivity index (χ0n) is 12.5. The zero-order valence-corrected chi connectivity index (χ0v) is 12.5. The van der Waals surface area contributed by atoms with Gasteiger partial charge in [0, 0.05) is 18.4 Å². The van der Waals surface area contributed by atoms with Crippen molar-refractivity contribution < 1.29 is 9.53 Å². The third kappa shape index (κ3) is 4.35. The molecule has 1 heterocycles. The van der Waals surface area contributed by atoms with Gasteiger partial charge in [-0.1, -0.05) is 36.3 Å². The smallest absolute Gasteiger partial charge is 0.410 e. The molecule has 0 aliphatic heterocycles. The van der Waals surface area contributed by atoms with E-state index in [4.69, 9.17) is 11.2 Å². The van der Waals surface area contributed by atoms with E-state index in [-0.39, 0.29) is 12.6 Å². The minimum absolute atomic E-state index is 0.0622. The topological polar surface area (TPSA) is 42.4 Å². The Morgan fingerprint density at radius 3 is 2.59 bits per heavy atom. The average molecular weight is 294 g/mol. The van der Waals surface area contributed by atoms with E-state index in [1.54, 1.807) is 29.4 Å². The van der Waals surface area contributed by atoms with Gasteiger partial charge in [0.25, 0.3) is 0 Å². The molecule has 0 radical (unpaired) electrons. The maximum Gasteiger partial charge on any atom is 0.416 e. The number of rotatable bonds is 5. The highest BCUT2D eigenvalue weighted by atomic mass is 16.6. The molecule has 112 valence electrons. The lowest BCUT2D eigenvalue weighted by Crippen LogP contribution is -2.41. The van der Waals surface area contributed by atoms with Crippen LogP contribution in [0.25, 0.3) is 0 Å². The molecule has 1 atom stereocenters. The van der Waals surface area contributed by atoms with E-state index in [1.165, 1.54) is 0 Å². The fourth-order valence-electron chi connectivity index (χ4n) is 2.13. The van der Waals surface area contributed by atoms with Crippen molar-refractivity contribution in [2.24, 2.45) is 0 Å². The molecular weight excluding hydrogens is 276 g/mol. The van der Waals surface area contributed by atoms with Crippen LogP contribution in [0, 0.1) is 12.3 Å². The second kappa shape index (κ2) is 7.84. The monoisotopic (exact) mass is 294 g/mol. The highest BCUT2D eigenvalue weighted by Gasteiger charge is 2.21. The standard InChI is InChI=1S/C18H18N2O2/c1-3-13-20(15(2)14-16-7-5-4-6-8-16)18(21)22-17-9-11-19-12-10-17/h1,4-12,15H,13-14H2,2H3. The first kappa shape index (κ1) is 15.6. The number of nitrogens with zero attached hydrogens (tertiary/aromatic N) is 2. The summed E-state index contributed by atoms with van der Waals surface area (Å²) in [6.45, 7) is 2.16. The number of terminal acetylenes is 1. The van der Waals surface area contributed by atoms with Gasteiger partial charge in [-0.15, -0.1) is 6.42 Å². The van der Waals surface area contributed by atoms with Gasteiger partial charge in [-0.05, 0) is 31.0 Å². The first-order chi connectivity index (χ1) is 10.7. The molecule has 0 fully saturated rings. The Balaban J connectivity index is 2.05. The Morgan fingerprint density at radius 2 is 1.95 bits per heavy atom. The Bertz CT molecular complexity index is 635. The van der Waals surface area contributed by atoms with Gasteiger partial charge < -0.3 is 4.74 Å². The lowest BCUT2D eigenvalue weighted by atomic mass is 10.1. The van der Waals surface area contributed by atoms with E-state index in [0.29, 0.717) is 12.2 Å². The number of ether oxygens (including phenoxy) is 1. The number of amides is 1. The molecule has 1 aromatic carbocycles. The van der Waals surface area contributed by atoms with Crippen molar-refractivity contribution in [1.29, 1.82) is 0 Å². The fourth-order valence-corrected chi connectivity index (χ4v) is 2.13. The minimum Gasteiger partial charge on any atom is -0.410 e. The van der Waals surface area contributed by atoms with E-state index < -0.39 is 6.09 Å². The number of carbonyl (C=O) groups excluding carboxylic acids is 1. The van der Waals surface area contributed by atoms with Crippen LogP contribution < -0.4 is 4.74 Å². The molecule has 4 heteroatoms. The molecule has 0 saturated carbocycles. The Labute approximate surface area is 130 Å². The van der Waals surface area contributed by atoms with E-state index in [2.05, 4.69) is 10.9 Å². The number of hydrogen-bond donors (Lipinski definition) is 0. The molecular formula is C18H18N2O2. The minimum atomic E-state index is -0.451. The van der Waals surface area contributed by atoms with Gasteiger partial charge in [-0.2, -0.15) is 0 Å². The third-order valence-electron chi connectivity index (χ3n) is 3.26. The summed E-state index contributed by atoms with van der Waals surface area (Å²) >= 11 is 0. The summed E-state index contributed by atoms with van der Waals surface area (Å²) in [5.41, 5.74) is 1.15. The fraction of sp³-hybridized carbons (Fsp3) is 0.222. The number of aromatic nitrogens is 1. The van der Waals surface area contributed by atoms with Gasteiger partial charge in [0.1, 0.15) is 5.75 Å². The maximum atomic E-state index is 12.3. The Morgan fingerprint density at radius 1 is 1.27 bits per heavy atom. The second-order valence-electron chi connectivity index (χ2n) is 4.92. The summed E-state index contributed by atoms with van der Waals surface area (Å²) in [6, 6.07) is 13.2. The van der Waals surface area contributed by atoms with Gasteiger partial charge in [-0.3, -0.25) is 9.88 Å². The summed E-state index contributed by atoms with van der Waals surface area (Å²) in [7, 11) is 0. The first-order valence-electron chi connectivity index (χ1n) is 7.06. The molecule has 0 aliphatic rings. The number of benzene rings is 1. The van der Waals surface area contributed by atoms with E-state index in [1.807, 2.05) is 37.3 Å². The molecule has 1 unspecified atom stereocenters. The summed E-state index contributed by atoms with van der Waals surface area (Å²) < 4.78 is 5.34. The van der Waals surface area contributed by atoms with E-state index in [0.717, 1.165) is 5.56 Å². The van der Waals surface area contributed by atoms with Crippen LogP contribution in [0.3, 0.4) is 0 Å². The number of hydrogen-bond acceptors (Lipinski definition) is 3. The molecule has 0 N–H and O–H groups in total. The van der Waals surface area contributed by atoms with Crippen molar-refractivity contribution in [2.45, 2.75) is 19.4 Å². The first-order valence-corrected chi connectivity index (χ1v) is 7.06. The van der Waals surface area contributed by atoms with Crippen molar-refractivity contribution in [1.82, 2.24) is 9.88 Å². The predicted molar refractivity (Wildman–Crippen MR) is 85.4 cm³/mol. The SMILES string of the molecule is C#CCN(C(=O)Oc1ccncc1)C(C)Cc1ccccc1. The lowest BCUT2D eigenvalue weighted by Gasteiger charge is -2.26. The number of carbonyl (C=O) groups is 1. The highest BCUT2D eigenvalue weighted by Crippen LogP contribution is 2.13. The molecule has 2 rings (SSSR count). The van der Waals surface area contributed by atoms with Crippen LogP contribution in [0.4, 0.5) is 4.79 Å². The quantitative estimate of drug-likeness (QED) is 0.796. The molecule has 4 nitrogen and oxygen atoms in total. The van der Waals surface area contributed by atoms with Crippen LogP contribution in [-0.4, -0.2) is 28.6 Å². The van der Waals surface area contributed by atoms with Crippen molar-refractivity contribution >= 4 is 6.09 Å². The lowest BCUT2D eigenvalue weighted by molar-refractivity contribution is 0.142. The Kier molecular flexibility index (Phi) is 5.56. The van der Waals surface area contributed by atoms with E-state index >= 15 is 0 Å². The summed E-state index contributed by atoms with van der Waals surface area (Å²) in [4.78, 5) is 17.8. The third-order valence-corrected chi connectivity index (χ3v) is 3.26.